The zero-order valence-corrected chi connectivity index (χ0v) is 15.6. The molecule has 4 rings (SSSR count). The number of anilines is 1. The minimum Gasteiger partial charge on any atom is -0.363 e. The van der Waals surface area contributed by atoms with E-state index in [-0.39, 0.29) is 17.8 Å². The minimum absolute atomic E-state index is 0.0160. The molecule has 2 aromatic carbocycles. The summed E-state index contributed by atoms with van der Waals surface area (Å²) in [7, 11) is 0. The lowest BCUT2D eigenvalue weighted by molar-refractivity contribution is -0.129. The number of carbonyl (C=O) groups excluding carboxylic acids is 1. The second-order valence-corrected chi connectivity index (χ2v) is 7.15. The number of aromatic nitrogens is 1. The number of halogens is 2. The number of hydrogen-bond donors (Lipinski definition) is 1. The van der Waals surface area contributed by atoms with E-state index >= 15 is 0 Å². The van der Waals surface area contributed by atoms with Gasteiger partial charge in [-0.1, -0.05) is 41.9 Å². The average molecular weight is 384 g/mol. The van der Waals surface area contributed by atoms with Gasteiger partial charge in [-0.05, 0) is 41.1 Å². The van der Waals surface area contributed by atoms with E-state index in [9.17, 15) is 9.18 Å². The highest BCUT2D eigenvalue weighted by Gasteiger charge is 2.24. The van der Waals surface area contributed by atoms with Gasteiger partial charge in [0.05, 0.1) is 6.04 Å². The molecular formula is C21H19ClFN3O. The van der Waals surface area contributed by atoms with Gasteiger partial charge in [-0.15, -0.1) is 0 Å². The van der Waals surface area contributed by atoms with E-state index in [4.69, 9.17) is 11.6 Å². The summed E-state index contributed by atoms with van der Waals surface area (Å²) in [6, 6.07) is 14.4. The SMILES string of the molecule is CC(=O)N1CCC(Nc2cc3ccccc3c(Cl)n2)c2ccc(F)cc2C1. The lowest BCUT2D eigenvalue weighted by Gasteiger charge is -2.20. The number of hydrogen-bond acceptors (Lipinski definition) is 3. The molecule has 3 aromatic rings. The van der Waals surface area contributed by atoms with Crippen molar-refractivity contribution in [1.82, 2.24) is 9.88 Å². The number of rotatable bonds is 2. The number of carbonyl (C=O) groups is 1. The number of amides is 1. The van der Waals surface area contributed by atoms with Crippen LogP contribution in [0.1, 0.15) is 30.5 Å². The Hall–Kier alpha value is -2.66. The molecule has 1 atom stereocenters. The normalized spacial score (nSPS) is 16.7. The fourth-order valence-corrected chi connectivity index (χ4v) is 3.87. The Bertz CT molecular complexity index is 1020. The minimum atomic E-state index is -0.301. The zero-order valence-electron chi connectivity index (χ0n) is 14.9. The smallest absolute Gasteiger partial charge is 0.219 e. The summed E-state index contributed by atoms with van der Waals surface area (Å²) in [5.41, 5.74) is 1.79. The molecular weight excluding hydrogens is 365 g/mol. The van der Waals surface area contributed by atoms with Crippen LogP contribution in [0, 0.1) is 5.82 Å². The summed E-state index contributed by atoms with van der Waals surface area (Å²) in [5.74, 6) is 0.345. The first-order valence-corrected chi connectivity index (χ1v) is 9.25. The molecule has 4 nitrogen and oxygen atoms in total. The Morgan fingerprint density at radius 2 is 2.07 bits per heavy atom. The molecule has 0 saturated heterocycles. The van der Waals surface area contributed by atoms with Gasteiger partial charge in [-0.2, -0.15) is 0 Å². The van der Waals surface area contributed by atoms with E-state index in [1.165, 1.54) is 19.1 Å². The molecule has 1 unspecified atom stereocenters. The van der Waals surface area contributed by atoms with Crippen molar-refractivity contribution in [1.29, 1.82) is 0 Å². The zero-order chi connectivity index (χ0) is 19.0. The van der Waals surface area contributed by atoms with E-state index in [0.717, 1.165) is 21.9 Å². The van der Waals surface area contributed by atoms with Crippen molar-refractivity contribution < 1.29 is 9.18 Å². The van der Waals surface area contributed by atoms with Crippen LogP contribution in [0.25, 0.3) is 10.8 Å². The van der Waals surface area contributed by atoms with Gasteiger partial charge >= 0.3 is 0 Å². The van der Waals surface area contributed by atoms with Gasteiger partial charge in [-0.25, -0.2) is 9.37 Å². The highest BCUT2D eigenvalue weighted by molar-refractivity contribution is 6.34. The van der Waals surface area contributed by atoms with Crippen molar-refractivity contribution in [3.05, 3.63) is 70.6 Å². The van der Waals surface area contributed by atoms with E-state index in [1.807, 2.05) is 30.3 Å². The maximum atomic E-state index is 13.8. The van der Waals surface area contributed by atoms with Crippen LogP contribution in [0.5, 0.6) is 0 Å². The van der Waals surface area contributed by atoms with Crippen LogP contribution in [0.2, 0.25) is 5.15 Å². The number of pyridine rings is 1. The Morgan fingerprint density at radius 1 is 1.26 bits per heavy atom. The van der Waals surface area contributed by atoms with E-state index in [0.29, 0.717) is 30.5 Å². The highest BCUT2D eigenvalue weighted by atomic mass is 35.5. The van der Waals surface area contributed by atoms with Gasteiger partial charge in [0.1, 0.15) is 16.8 Å². The van der Waals surface area contributed by atoms with Crippen LogP contribution in [-0.2, 0) is 11.3 Å². The monoisotopic (exact) mass is 383 g/mol. The summed E-state index contributed by atoms with van der Waals surface area (Å²) >= 11 is 6.34. The molecule has 2 heterocycles. The molecule has 138 valence electrons. The maximum Gasteiger partial charge on any atom is 0.219 e. The van der Waals surface area contributed by atoms with Crippen LogP contribution in [0.3, 0.4) is 0 Å². The van der Waals surface area contributed by atoms with Crippen LogP contribution >= 0.6 is 11.6 Å². The van der Waals surface area contributed by atoms with E-state index < -0.39 is 0 Å². The number of nitrogens with zero attached hydrogens (tertiary/aromatic N) is 2. The molecule has 0 fully saturated rings. The fraction of sp³-hybridized carbons (Fsp3) is 0.238. The largest absolute Gasteiger partial charge is 0.363 e. The molecule has 0 aliphatic carbocycles. The second kappa shape index (κ2) is 7.16. The second-order valence-electron chi connectivity index (χ2n) is 6.79. The molecule has 1 aliphatic heterocycles. The summed E-state index contributed by atoms with van der Waals surface area (Å²) in [6.45, 7) is 2.54. The van der Waals surface area contributed by atoms with Gasteiger partial charge in [0.2, 0.25) is 5.91 Å². The quantitative estimate of drug-likeness (QED) is 0.638. The lowest BCUT2D eigenvalue weighted by Crippen LogP contribution is -2.28. The summed E-state index contributed by atoms with van der Waals surface area (Å²) in [6.07, 6.45) is 0.699. The Morgan fingerprint density at radius 3 is 2.89 bits per heavy atom. The molecule has 1 aliphatic rings. The standard InChI is InChI=1S/C21H19ClFN3O/c1-13(27)26-9-8-19(17-7-6-16(23)10-15(17)12-26)24-20-11-14-4-2-3-5-18(14)21(22)25-20/h2-7,10-11,19H,8-9,12H2,1H3,(H,24,25). The van der Waals surface area contributed by atoms with Crippen molar-refractivity contribution in [2.45, 2.75) is 25.9 Å². The van der Waals surface area contributed by atoms with Crippen LogP contribution < -0.4 is 5.32 Å². The molecule has 1 amide bonds. The van der Waals surface area contributed by atoms with Crippen molar-refractivity contribution >= 4 is 34.1 Å². The molecule has 1 aromatic heterocycles. The molecule has 0 spiro atoms. The first-order valence-electron chi connectivity index (χ1n) is 8.87. The van der Waals surface area contributed by atoms with Crippen LogP contribution in [0.4, 0.5) is 10.2 Å². The molecule has 1 N–H and O–H groups in total. The van der Waals surface area contributed by atoms with Crippen molar-refractivity contribution in [3.8, 4) is 0 Å². The molecule has 0 radical (unpaired) electrons. The Kier molecular flexibility index (Phi) is 4.70. The van der Waals surface area contributed by atoms with Gasteiger partial charge in [0.15, 0.2) is 0 Å². The number of nitrogens with one attached hydrogen (secondary N) is 1. The van der Waals surface area contributed by atoms with E-state index in [2.05, 4.69) is 10.3 Å². The van der Waals surface area contributed by atoms with Crippen LogP contribution in [0.15, 0.2) is 48.5 Å². The van der Waals surface area contributed by atoms with Crippen molar-refractivity contribution in [2.75, 3.05) is 11.9 Å². The maximum absolute atomic E-state index is 13.8. The first kappa shape index (κ1) is 17.7. The molecule has 0 saturated carbocycles. The summed E-state index contributed by atoms with van der Waals surface area (Å²) in [4.78, 5) is 18.1. The summed E-state index contributed by atoms with van der Waals surface area (Å²) in [5, 5.41) is 5.77. The Labute approximate surface area is 162 Å². The molecule has 27 heavy (non-hydrogen) atoms. The summed E-state index contributed by atoms with van der Waals surface area (Å²) < 4.78 is 13.8. The topological polar surface area (TPSA) is 45.2 Å². The van der Waals surface area contributed by atoms with Gasteiger partial charge < -0.3 is 10.2 Å². The highest BCUT2D eigenvalue weighted by Crippen LogP contribution is 2.32. The fourth-order valence-electron chi connectivity index (χ4n) is 3.60. The molecule has 6 heteroatoms. The lowest BCUT2D eigenvalue weighted by atomic mass is 9.99. The van der Waals surface area contributed by atoms with Gasteiger partial charge in [0.25, 0.3) is 0 Å². The first-order chi connectivity index (χ1) is 13.0. The number of fused-ring (bicyclic) bond motifs is 2. The van der Waals surface area contributed by atoms with Crippen molar-refractivity contribution in [3.63, 3.8) is 0 Å². The predicted octanol–water partition coefficient (Wildman–Crippen LogP) is 4.93. The third-order valence-corrected chi connectivity index (χ3v) is 5.28. The van der Waals surface area contributed by atoms with Gasteiger partial charge in [0, 0.05) is 25.4 Å². The van der Waals surface area contributed by atoms with Crippen LogP contribution in [-0.4, -0.2) is 22.3 Å². The predicted molar refractivity (Wildman–Crippen MR) is 105 cm³/mol. The number of benzene rings is 2. The van der Waals surface area contributed by atoms with E-state index in [1.54, 1.807) is 11.0 Å². The van der Waals surface area contributed by atoms with Crippen molar-refractivity contribution in [2.24, 2.45) is 0 Å². The third-order valence-electron chi connectivity index (χ3n) is 4.99. The third kappa shape index (κ3) is 3.60. The molecule has 0 bridgehead atoms. The Balaban J connectivity index is 1.70. The average Bonchev–Trinajstić information content (AvgIpc) is 2.81. The van der Waals surface area contributed by atoms with Gasteiger partial charge in [-0.3, -0.25) is 4.79 Å².